The molecule has 3 nitrogen and oxygen atoms in total. The normalized spacial score (nSPS) is 10.5. The first kappa shape index (κ1) is 14.6. The van der Waals surface area contributed by atoms with Crippen molar-refractivity contribution in [2.75, 3.05) is 11.1 Å². The zero-order valence-corrected chi connectivity index (χ0v) is 12.7. The van der Waals surface area contributed by atoms with Crippen molar-refractivity contribution in [1.82, 2.24) is 0 Å². The van der Waals surface area contributed by atoms with Gasteiger partial charge in [0.2, 0.25) is 5.91 Å². The molecular formula is C16H20N2OS. The highest BCUT2D eigenvalue weighted by Crippen LogP contribution is 2.20. The van der Waals surface area contributed by atoms with Crippen LogP contribution in [-0.4, -0.2) is 5.91 Å². The minimum Gasteiger partial charge on any atom is -0.399 e. The van der Waals surface area contributed by atoms with Gasteiger partial charge in [0.05, 0.1) is 0 Å². The molecule has 0 saturated heterocycles. The lowest BCUT2D eigenvalue weighted by Crippen LogP contribution is -2.12. The van der Waals surface area contributed by atoms with E-state index in [2.05, 4.69) is 24.4 Å². The molecule has 0 bridgehead atoms. The van der Waals surface area contributed by atoms with Crippen LogP contribution in [0.2, 0.25) is 0 Å². The Morgan fingerprint density at radius 3 is 2.75 bits per heavy atom. The SMILES string of the molecule is Cc1ccc(CCCC(=O)Nc2cc(N)ccc2C)s1. The zero-order valence-electron chi connectivity index (χ0n) is 11.9. The fourth-order valence-electron chi connectivity index (χ4n) is 2.03. The Morgan fingerprint density at radius 2 is 2.05 bits per heavy atom. The van der Waals surface area contributed by atoms with Gasteiger partial charge < -0.3 is 11.1 Å². The Balaban J connectivity index is 1.82. The molecule has 106 valence electrons. The molecular weight excluding hydrogens is 268 g/mol. The molecule has 0 aliphatic rings. The van der Waals surface area contributed by atoms with Crippen LogP contribution in [-0.2, 0) is 11.2 Å². The lowest BCUT2D eigenvalue weighted by Gasteiger charge is -2.09. The van der Waals surface area contributed by atoms with E-state index in [0.717, 1.165) is 24.1 Å². The van der Waals surface area contributed by atoms with Crippen molar-refractivity contribution in [1.29, 1.82) is 0 Å². The number of aryl methyl sites for hydroxylation is 3. The smallest absolute Gasteiger partial charge is 0.224 e. The van der Waals surface area contributed by atoms with E-state index in [1.54, 1.807) is 17.4 Å². The fourth-order valence-corrected chi connectivity index (χ4v) is 2.96. The highest BCUT2D eigenvalue weighted by atomic mass is 32.1. The van der Waals surface area contributed by atoms with Gasteiger partial charge in [-0.15, -0.1) is 11.3 Å². The Labute approximate surface area is 123 Å². The maximum Gasteiger partial charge on any atom is 0.224 e. The van der Waals surface area contributed by atoms with Crippen molar-refractivity contribution in [3.05, 3.63) is 45.6 Å². The first-order chi connectivity index (χ1) is 9.54. The van der Waals surface area contributed by atoms with E-state index in [0.29, 0.717) is 12.1 Å². The first-order valence-corrected chi connectivity index (χ1v) is 7.57. The highest BCUT2D eigenvalue weighted by molar-refractivity contribution is 7.11. The van der Waals surface area contributed by atoms with Crippen molar-refractivity contribution in [3.63, 3.8) is 0 Å². The van der Waals surface area contributed by atoms with E-state index in [4.69, 9.17) is 5.73 Å². The van der Waals surface area contributed by atoms with E-state index in [9.17, 15) is 4.79 Å². The molecule has 0 radical (unpaired) electrons. The molecule has 4 heteroatoms. The maximum atomic E-state index is 11.9. The Hall–Kier alpha value is -1.81. The second-order valence-electron chi connectivity index (χ2n) is 4.99. The Kier molecular flexibility index (Phi) is 4.79. The third-order valence-corrected chi connectivity index (χ3v) is 4.22. The summed E-state index contributed by atoms with van der Waals surface area (Å²) >= 11 is 1.80. The van der Waals surface area contributed by atoms with Crippen LogP contribution in [0.1, 0.15) is 28.2 Å². The van der Waals surface area contributed by atoms with Crippen LogP contribution < -0.4 is 11.1 Å². The summed E-state index contributed by atoms with van der Waals surface area (Å²) in [5.74, 6) is 0.0481. The predicted molar refractivity (Wildman–Crippen MR) is 86.2 cm³/mol. The molecule has 0 spiro atoms. The summed E-state index contributed by atoms with van der Waals surface area (Å²) in [6, 6.07) is 9.81. The molecule has 2 aromatic rings. The molecule has 1 heterocycles. The standard InChI is InChI=1S/C16H20N2OS/c1-11-6-8-13(17)10-15(11)18-16(19)5-3-4-14-9-7-12(2)20-14/h6-10H,3-5,17H2,1-2H3,(H,18,19). The second kappa shape index (κ2) is 6.57. The van der Waals surface area contributed by atoms with Crippen LogP contribution in [0.3, 0.4) is 0 Å². The number of carbonyl (C=O) groups excluding carboxylic acids is 1. The summed E-state index contributed by atoms with van der Waals surface area (Å²) in [6.07, 6.45) is 2.36. The summed E-state index contributed by atoms with van der Waals surface area (Å²) < 4.78 is 0. The van der Waals surface area contributed by atoms with Gasteiger partial charge >= 0.3 is 0 Å². The molecule has 1 aromatic carbocycles. The molecule has 2 rings (SSSR count). The number of anilines is 2. The highest BCUT2D eigenvalue weighted by Gasteiger charge is 2.06. The van der Waals surface area contributed by atoms with Crippen LogP contribution in [0.5, 0.6) is 0 Å². The number of hydrogen-bond donors (Lipinski definition) is 2. The van der Waals surface area contributed by atoms with Gasteiger partial charge in [-0.1, -0.05) is 6.07 Å². The second-order valence-corrected chi connectivity index (χ2v) is 6.36. The average molecular weight is 288 g/mol. The van der Waals surface area contributed by atoms with E-state index in [-0.39, 0.29) is 5.91 Å². The van der Waals surface area contributed by atoms with Gasteiger partial charge in [0.1, 0.15) is 0 Å². The number of amides is 1. The maximum absolute atomic E-state index is 11.9. The minimum atomic E-state index is 0.0481. The molecule has 0 saturated carbocycles. The number of nitrogen functional groups attached to an aromatic ring is 1. The molecule has 0 aliphatic carbocycles. The molecule has 0 aliphatic heterocycles. The predicted octanol–water partition coefficient (Wildman–Crippen LogP) is 3.91. The summed E-state index contributed by atoms with van der Waals surface area (Å²) in [6.45, 7) is 4.06. The third-order valence-electron chi connectivity index (χ3n) is 3.16. The molecule has 1 amide bonds. The van der Waals surface area contributed by atoms with E-state index < -0.39 is 0 Å². The molecule has 0 atom stereocenters. The van der Waals surface area contributed by atoms with Crippen LogP contribution in [0.15, 0.2) is 30.3 Å². The topological polar surface area (TPSA) is 55.1 Å². The number of nitrogens with two attached hydrogens (primary N) is 1. The van der Waals surface area contributed by atoms with Crippen LogP contribution >= 0.6 is 11.3 Å². The van der Waals surface area contributed by atoms with Crippen molar-refractivity contribution < 1.29 is 4.79 Å². The van der Waals surface area contributed by atoms with Crippen molar-refractivity contribution in [3.8, 4) is 0 Å². The zero-order chi connectivity index (χ0) is 14.5. The Morgan fingerprint density at radius 1 is 1.25 bits per heavy atom. The molecule has 1 aromatic heterocycles. The van der Waals surface area contributed by atoms with Crippen LogP contribution in [0.25, 0.3) is 0 Å². The number of benzene rings is 1. The number of carbonyl (C=O) groups is 1. The minimum absolute atomic E-state index is 0.0481. The van der Waals surface area contributed by atoms with E-state index in [1.165, 1.54) is 9.75 Å². The summed E-state index contributed by atoms with van der Waals surface area (Å²) in [4.78, 5) is 14.6. The molecule has 0 fully saturated rings. The monoisotopic (exact) mass is 288 g/mol. The summed E-state index contributed by atoms with van der Waals surface area (Å²) in [5, 5.41) is 2.93. The van der Waals surface area contributed by atoms with Crippen LogP contribution in [0, 0.1) is 13.8 Å². The van der Waals surface area contributed by atoms with Gasteiger partial charge in [0.25, 0.3) is 0 Å². The number of rotatable bonds is 5. The van der Waals surface area contributed by atoms with Crippen LogP contribution in [0.4, 0.5) is 11.4 Å². The van der Waals surface area contributed by atoms with E-state index in [1.807, 2.05) is 19.1 Å². The first-order valence-electron chi connectivity index (χ1n) is 6.76. The van der Waals surface area contributed by atoms with Crippen molar-refractivity contribution >= 4 is 28.6 Å². The number of thiophene rings is 1. The van der Waals surface area contributed by atoms with Gasteiger partial charge in [0.15, 0.2) is 0 Å². The van der Waals surface area contributed by atoms with Gasteiger partial charge in [-0.3, -0.25) is 4.79 Å². The molecule has 20 heavy (non-hydrogen) atoms. The van der Waals surface area contributed by atoms with Gasteiger partial charge in [-0.25, -0.2) is 0 Å². The van der Waals surface area contributed by atoms with Gasteiger partial charge in [0, 0.05) is 27.5 Å². The van der Waals surface area contributed by atoms with Crippen molar-refractivity contribution in [2.45, 2.75) is 33.1 Å². The summed E-state index contributed by atoms with van der Waals surface area (Å²) in [7, 11) is 0. The van der Waals surface area contributed by atoms with Gasteiger partial charge in [-0.05, 0) is 56.5 Å². The Bertz CT molecular complexity index is 604. The van der Waals surface area contributed by atoms with E-state index >= 15 is 0 Å². The largest absolute Gasteiger partial charge is 0.399 e. The quantitative estimate of drug-likeness (QED) is 0.820. The fraction of sp³-hybridized carbons (Fsp3) is 0.312. The lowest BCUT2D eigenvalue weighted by molar-refractivity contribution is -0.116. The molecule has 0 unspecified atom stereocenters. The number of nitrogens with one attached hydrogen (secondary N) is 1. The summed E-state index contributed by atoms with van der Waals surface area (Å²) in [5.41, 5.74) is 8.23. The average Bonchev–Trinajstić information content (AvgIpc) is 2.80. The van der Waals surface area contributed by atoms with Crippen molar-refractivity contribution in [2.24, 2.45) is 0 Å². The van der Waals surface area contributed by atoms with Gasteiger partial charge in [-0.2, -0.15) is 0 Å². The lowest BCUT2D eigenvalue weighted by atomic mass is 10.1. The molecule has 3 N–H and O–H groups in total. The third kappa shape index (κ3) is 4.10. The number of hydrogen-bond acceptors (Lipinski definition) is 3.